The Morgan fingerprint density at radius 2 is 2.14 bits per heavy atom. The number of rotatable bonds is 5. The lowest BCUT2D eigenvalue weighted by Gasteiger charge is -2.37. The first kappa shape index (κ1) is 19.3. The molecule has 3 aromatic rings. The molecule has 1 saturated heterocycles. The number of hydrogen-bond acceptors (Lipinski definition) is 6. The maximum Gasteiger partial charge on any atom is 0.317 e. The maximum atomic E-state index is 12.7. The molecule has 0 radical (unpaired) electrons. The van der Waals surface area contributed by atoms with Gasteiger partial charge in [-0.1, -0.05) is 30.3 Å². The van der Waals surface area contributed by atoms with E-state index in [4.69, 9.17) is 0 Å². The third kappa shape index (κ3) is 4.71. The van der Waals surface area contributed by atoms with Crippen molar-refractivity contribution in [3.8, 4) is 11.3 Å². The minimum Gasteiger partial charge on any atom is -0.353 e. The number of piperidine rings is 1. The van der Waals surface area contributed by atoms with Crippen LogP contribution in [0.2, 0.25) is 0 Å². The van der Waals surface area contributed by atoms with Gasteiger partial charge in [0, 0.05) is 37.3 Å². The second kappa shape index (κ2) is 9.00. The van der Waals surface area contributed by atoms with Gasteiger partial charge in [-0.25, -0.2) is 9.78 Å². The van der Waals surface area contributed by atoms with Gasteiger partial charge < -0.3 is 15.1 Å². The first-order valence-corrected chi connectivity index (χ1v) is 10.6. The number of thiazole rings is 1. The molecule has 1 unspecified atom stereocenters. The van der Waals surface area contributed by atoms with Crippen molar-refractivity contribution in [3.05, 3.63) is 59.0 Å². The van der Waals surface area contributed by atoms with Gasteiger partial charge >= 0.3 is 6.03 Å². The minimum atomic E-state index is -0.0764. The van der Waals surface area contributed by atoms with Crippen molar-refractivity contribution in [2.24, 2.45) is 0 Å². The molecule has 1 aromatic carbocycles. The molecule has 2 amide bonds. The minimum absolute atomic E-state index is 0.0764. The van der Waals surface area contributed by atoms with Crippen LogP contribution in [0.25, 0.3) is 11.3 Å². The molecular weight excluding hydrogens is 384 g/mol. The molecule has 1 aliphatic heterocycles. The lowest BCUT2D eigenvalue weighted by Crippen LogP contribution is -2.51. The number of urea groups is 1. The molecule has 1 aliphatic rings. The van der Waals surface area contributed by atoms with E-state index in [1.165, 1.54) is 0 Å². The van der Waals surface area contributed by atoms with Gasteiger partial charge in [-0.05, 0) is 25.0 Å². The van der Waals surface area contributed by atoms with E-state index in [9.17, 15) is 4.79 Å². The molecule has 1 fully saturated rings. The van der Waals surface area contributed by atoms with Gasteiger partial charge in [0.05, 0.1) is 18.3 Å². The Morgan fingerprint density at radius 3 is 2.93 bits per heavy atom. The number of carbonyl (C=O) groups excluding carboxylic acids is 1. The van der Waals surface area contributed by atoms with Crippen molar-refractivity contribution in [2.45, 2.75) is 25.4 Å². The number of likely N-dealkylation sites (N-methyl/N-ethyl adjacent to an activating group) is 1. The van der Waals surface area contributed by atoms with Crippen molar-refractivity contribution < 1.29 is 4.79 Å². The summed E-state index contributed by atoms with van der Waals surface area (Å²) in [5.41, 5.74) is 2.03. The van der Waals surface area contributed by atoms with Crippen LogP contribution in [0.5, 0.6) is 0 Å². The summed E-state index contributed by atoms with van der Waals surface area (Å²) < 4.78 is 0. The lowest BCUT2D eigenvalue weighted by atomic mass is 10.0. The van der Waals surface area contributed by atoms with E-state index >= 15 is 0 Å². The number of amides is 2. The Bertz CT molecular complexity index is 933. The highest BCUT2D eigenvalue weighted by Crippen LogP contribution is 2.22. The summed E-state index contributed by atoms with van der Waals surface area (Å²) in [5, 5.41) is 14.1. The molecule has 29 heavy (non-hydrogen) atoms. The van der Waals surface area contributed by atoms with Crippen molar-refractivity contribution in [1.82, 2.24) is 25.4 Å². The summed E-state index contributed by atoms with van der Waals surface area (Å²) in [6.45, 7) is 2.13. The van der Waals surface area contributed by atoms with Crippen molar-refractivity contribution in [2.75, 3.05) is 25.0 Å². The van der Waals surface area contributed by atoms with Crippen molar-refractivity contribution in [3.63, 3.8) is 0 Å². The van der Waals surface area contributed by atoms with Crippen LogP contribution in [0.4, 0.5) is 10.6 Å². The normalized spacial score (nSPS) is 16.4. The average Bonchev–Trinajstić information content (AvgIpc) is 3.27. The van der Waals surface area contributed by atoms with Gasteiger partial charge in [0.25, 0.3) is 0 Å². The fourth-order valence-corrected chi connectivity index (χ4v) is 4.26. The molecule has 1 atom stereocenters. The van der Waals surface area contributed by atoms with Crippen LogP contribution in [0.1, 0.15) is 17.8 Å². The van der Waals surface area contributed by atoms with Crippen LogP contribution in [-0.2, 0) is 6.54 Å². The Labute approximate surface area is 174 Å². The van der Waals surface area contributed by atoms with Crippen LogP contribution in [0.15, 0.2) is 54.0 Å². The molecule has 0 bridgehead atoms. The third-order valence-electron chi connectivity index (χ3n) is 5.16. The zero-order valence-electron chi connectivity index (χ0n) is 16.4. The molecule has 0 spiro atoms. The first-order valence-electron chi connectivity index (χ1n) is 9.74. The Morgan fingerprint density at radius 1 is 1.28 bits per heavy atom. The van der Waals surface area contributed by atoms with Crippen molar-refractivity contribution >= 4 is 23.2 Å². The largest absolute Gasteiger partial charge is 0.353 e. The molecule has 0 saturated carbocycles. The highest BCUT2D eigenvalue weighted by atomic mass is 32.1. The van der Waals surface area contributed by atoms with Crippen molar-refractivity contribution in [1.29, 1.82) is 0 Å². The van der Waals surface area contributed by atoms with E-state index in [1.54, 1.807) is 22.4 Å². The van der Waals surface area contributed by atoms with Gasteiger partial charge in [-0.3, -0.25) is 0 Å². The number of carbonyl (C=O) groups is 1. The highest BCUT2D eigenvalue weighted by Gasteiger charge is 2.27. The Kier molecular flexibility index (Phi) is 6.00. The molecule has 7 nitrogen and oxygen atoms in total. The summed E-state index contributed by atoms with van der Waals surface area (Å²) in [6, 6.07) is 14.0. The number of aromatic nitrogens is 3. The molecule has 4 rings (SSSR count). The third-order valence-corrected chi connectivity index (χ3v) is 6.01. The van der Waals surface area contributed by atoms with Crippen LogP contribution in [0.3, 0.4) is 0 Å². The molecule has 2 aromatic heterocycles. The fraction of sp³-hybridized carbons (Fsp3) is 0.333. The highest BCUT2D eigenvalue weighted by molar-refractivity contribution is 7.09. The molecule has 3 heterocycles. The van der Waals surface area contributed by atoms with E-state index in [1.807, 2.05) is 54.9 Å². The van der Waals surface area contributed by atoms with Gasteiger partial charge in [0.1, 0.15) is 5.01 Å². The monoisotopic (exact) mass is 408 g/mol. The summed E-state index contributed by atoms with van der Waals surface area (Å²) in [6.07, 6.45) is 3.67. The zero-order chi connectivity index (χ0) is 20.1. The number of anilines is 1. The standard InChI is InChI=1S/C21H24N6OS/c1-26(17-9-6-12-27(14-17)19-10-5-11-23-25-19)21(28)22-13-20-24-18(15-29-20)16-7-3-2-4-8-16/h2-5,7-8,10-11,15,17H,6,9,12-14H2,1H3,(H,22,28). The quantitative estimate of drug-likeness (QED) is 0.700. The van der Waals surface area contributed by atoms with E-state index < -0.39 is 0 Å². The molecule has 1 N–H and O–H groups in total. The van der Waals surface area contributed by atoms with Crippen LogP contribution in [0, 0.1) is 0 Å². The predicted octanol–water partition coefficient (Wildman–Crippen LogP) is 3.41. The molecule has 8 heteroatoms. The van der Waals surface area contributed by atoms with Gasteiger partial charge in [0.2, 0.25) is 0 Å². The van der Waals surface area contributed by atoms with Gasteiger partial charge in [-0.15, -0.1) is 16.4 Å². The van der Waals surface area contributed by atoms with Gasteiger partial charge in [-0.2, -0.15) is 5.10 Å². The summed E-state index contributed by atoms with van der Waals surface area (Å²) in [4.78, 5) is 21.3. The van der Waals surface area contributed by atoms with Crippen LogP contribution >= 0.6 is 11.3 Å². The maximum absolute atomic E-state index is 12.7. The lowest BCUT2D eigenvalue weighted by molar-refractivity contribution is 0.182. The molecule has 0 aliphatic carbocycles. The summed E-state index contributed by atoms with van der Waals surface area (Å²) in [7, 11) is 1.86. The smallest absolute Gasteiger partial charge is 0.317 e. The van der Waals surface area contributed by atoms with E-state index in [2.05, 4.69) is 25.4 Å². The summed E-state index contributed by atoms with van der Waals surface area (Å²) >= 11 is 1.56. The SMILES string of the molecule is CN(C(=O)NCc1nc(-c2ccccc2)cs1)C1CCCN(c2cccnn2)C1. The number of nitrogens with zero attached hydrogens (tertiary/aromatic N) is 5. The topological polar surface area (TPSA) is 74.2 Å². The van der Waals surface area contributed by atoms with Crippen LogP contribution in [-0.4, -0.2) is 52.3 Å². The Hall–Kier alpha value is -3.00. The first-order chi connectivity index (χ1) is 14.2. The van der Waals surface area contributed by atoms with E-state index in [0.29, 0.717) is 6.54 Å². The molecular formula is C21H24N6OS. The summed E-state index contributed by atoms with van der Waals surface area (Å²) in [5.74, 6) is 0.863. The van der Waals surface area contributed by atoms with Gasteiger partial charge in [0.15, 0.2) is 5.82 Å². The second-order valence-electron chi connectivity index (χ2n) is 7.09. The predicted molar refractivity (Wildman–Crippen MR) is 115 cm³/mol. The zero-order valence-corrected chi connectivity index (χ0v) is 17.2. The van der Waals surface area contributed by atoms with E-state index in [-0.39, 0.29) is 12.1 Å². The molecule has 150 valence electrons. The number of hydrogen-bond donors (Lipinski definition) is 1. The fourth-order valence-electron chi connectivity index (χ4n) is 3.52. The van der Waals surface area contributed by atoms with E-state index in [0.717, 1.165) is 48.0 Å². The van der Waals surface area contributed by atoms with Crippen LogP contribution < -0.4 is 10.2 Å². The average molecular weight is 409 g/mol. The second-order valence-corrected chi connectivity index (χ2v) is 8.03. The number of benzene rings is 1. The number of nitrogens with one attached hydrogen (secondary N) is 1. The Balaban J connectivity index is 1.32.